The minimum Gasteiger partial charge on any atom is -0.507 e. The van der Waals surface area contributed by atoms with Crippen molar-refractivity contribution in [3.05, 3.63) is 51.6 Å². The molecule has 172 valence electrons. The van der Waals surface area contributed by atoms with Gasteiger partial charge in [0.25, 0.3) is 0 Å². The molecule has 2 aromatic rings. The van der Waals surface area contributed by atoms with Crippen LogP contribution in [-0.4, -0.2) is 79.1 Å². The first kappa shape index (κ1) is 21.3. The molecule has 0 atom stereocenters. The van der Waals surface area contributed by atoms with Crippen LogP contribution in [0.5, 0.6) is 17.2 Å². The van der Waals surface area contributed by atoms with E-state index in [2.05, 4.69) is 20.8 Å². The van der Waals surface area contributed by atoms with E-state index in [0.717, 1.165) is 57.3 Å². The summed E-state index contributed by atoms with van der Waals surface area (Å²) in [5, 5.41) is 10.8. The molecule has 0 radical (unpaired) electrons. The second-order valence-corrected chi connectivity index (χ2v) is 8.50. The number of piperazine rings is 1. The molecule has 2 fully saturated rings. The number of benzene rings is 1. The van der Waals surface area contributed by atoms with Crippen LogP contribution in [0.2, 0.25) is 0 Å². The summed E-state index contributed by atoms with van der Waals surface area (Å²) in [5.74, 6) is 1.67. The van der Waals surface area contributed by atoms with Gasteiger partial charge in [0, 0.05) is 64.5 Å². The van der Waals surface area contributed by atoms with Crippen molar-refractivity contribution < 1.29 is 23.7 Å². The molecule has 0 aliphatic carbocycles. The molecular weight excluding hydrogens is 414 g/mol. The molecule has 3 aliphatic heterocycles. The zero-order valence-corrected chi connectivity index (χ0v) is 18.1. The summed E-state index contributed by atoms with van der Waals surface area (Å²) in [5.41, 5.74) is 1.73. The third kappa shape index (κ3) is 4.75. The van der Waals surface area contributed by atoms with Gasteiger partial charge >= 0.3 is 5.63 Å². The Morgan fingerprint density at radius 2 is 1.53 bits per heavy atom. The lowest BCUT2D eigenvalue weighted by molar-refractivity contribution is 0.0335. The molecule has 9 heteroatoms. The zero-order chi connectivity index (χ0) is 21.9. The van der Waals surface area contributed by atoms with Crippen LogP contribution in [0, 0.1) is 0 Å². The summed E-state index contributed by atoms with van der Waals surface area (Å²) in [6.07, 6.45) is 1.39. The monoisotopic (exact) mass is 443 g/mol. The Morgan fingerprint density at radius 3 is 2.31 bits per heavy atom. The highest BCUT2D eigenvalue weighted by molar-refractivity contribution is 5.44. The SMILES string of the molecule is O=c1occ(CN2CCOCC2)c(O)c1CN1CCN(Cc2ccc3c(c2)OCO3)CC1. The van der Waals surface area contributed by atoms with Gasteiger partial charge in [0.05, 0.1) is 18.8 Å². The van der Waals surface area contributed by atoms with E-state index < -0.39 is 5.63 Å². The third-order valence-corrected chi connectivity index (χ3v) is 6.33. The predicted octanol–water partition coefficient (Wildman–Crippen LogP) is 1.22. The third-order valence-electron chi connectivity index (χ3n) is 6.33. The molecule has 0 spiro atoms. The van der Waals surface area contributed by atoms with Gasteiger partial charge < -0.3 is 23.7 Å². The average Bonchev–Trinajstić information content (AvgIpc) is 3.28. The van der Waals surface area contributed by atoms with Gasteiger partial charge in [-0.3, -0.25) is 14.7 Å². The lowest BCUT2D eigenvalue weighted by Crippen LogP contribution is -2.45. The number of ether oxygens (including phenoxy) is 3. The Bertz CT molecular complexity index is 996. The first-order valence-electron chi connectivity index (χ1n) is 11.1. The first-order chi connectivity index (χ1) is 15.7. The molecule has 2 saturated heterocycles. The number of aromatic hydroxyl groups is 1. The van der Waals surface area contributed by atoms with Crippen LogP contribution in [0.15, 0.2) is 33.7 Å². The quantitative estimate of drug-likeness (QED) is 0.708. The van der Waals surface area contributed by atoms with Crippen LogP contribution in [0.1, 0.15) is 16.7 Å². The topological polar surface area (TPSA) is 87.9 Å². The fourth-order valence-corrected chi connectivity index (χ4v) is 4.42. The second-order valence-electron chi connectivity index (χ2n) is 8.50. The van der Waals surface area contributed by atoms with Crippen LogP contribution in [-0.2, 0) is 24.4 Å². The van der Waals surface area contributed by atoms with Crippen molar-refractivity contribution in [1.82, 2.24) is 14.7 Å². The minimum absolute atomic E-state index is 0.0653. The Kier molecular flexibility index (Phi) is 6.31. The number of hydrogen-bond donors (Lipinski definition) is 1. The number of morpholine rings is 1. The Balaban J connectivity index is 1.17. The second kappa shape index (κ2) is 9.50. The number of rotatable bonds is 6. The van der Waals surface area contributed by atoms with Gasteiger partial charge in [0.15, 0.2) is 11.5 Å². The van der Waals surface area contributed by atoms with E-state index >= 15 is 0 Å². The molecule has 0 unspecified atom stereocenters. The van der Waals surface area contributed by atoms with Crippen LogP contribution < -0.4 is 15.1 Å². The zero-order valence-electron chi connectivity index (χ0n) is 18.1. The minimum atomic E-state index is -0.462. The van der Waals surface area contributed by atoms with Gasteiger partial charge in [0.2, 0.25) is 6.79 Å². The predicted molar refractivity (Wildman–Crippen MR) is 116 cm³/mol. The van der Waals surface area contributed by atoms with Crippen molar-refractivity contribution in [2.75, 3.05) is 59.3 Å². The Morgan fingerprint density at radius 1 is 0.844 bits per heavy atom. The van der Waals surface area contributed by atoms with Gasteiger partial charge in [-0.15, -0.1) is 0 Å². The van der Waals surface area contributed by atoms with E-state index in [4.69, 9.17) is 18.6 Å². The molecule has 1 aromatic heterocycles. The smallest absolute Gasteiger partial charge is 0.343 e. The molecule has 32 heavy (non-hydrogen) atoms. The van der Waals surface area contributed by atoms with Crippen molar-refractivity contribution in [3.8, 4) is 17.2 Å². The molecule has 0 bridgehead atoms. The van der Waals surface area contributed by atoms with Crippen molar-refractivity contribution in [2.24, 2.45) is 0 Å². The maximum absolute atomic E-state index is 12.3. The summed E-state index contributed by atoms with van der Waals surface area (Å²) in [4.78, 5) is 19.1. The molecule has 5 rings (SSSR count). The van der Waals surface area contributed by atoms with Crippen LogP contribution in [0.4, 0.5) is 0 Å². The van der Waals surface area contributed by atoms with E-state index in [1.165, 1.54) is 11.8 Å². The molecule has 4 heterocycles. The highest BCUT2D eigenvalue weighted by atomic mass is 16.7. The molecule has 0 amide bonds. The highest BCUT2D eigenvalue weighted by Gasteiger charge is 2.23. The van der Waals surface area contributed by atoms with E-state index in [1.54, 1.807) is 0 Å². The molecule has 3 aliphatic rings. The van der Waals surface area contributed by atoms with E-state index in [-0.39, 0.29) is 12.5 Å². The summed E-state index contributed by atoms with van der Waals surface area (Å²) >= 11 is 0. The number of fused-ring (bicyclic) bond motifs is 1. The number of nitrogens with zero attached hydrogens (tertiary/aromatic N) is 3. The number of hydrogen-bond acceptors (Lipinski definition) is 9. The van der Waals surface area contributed by atoms with Crippen molar-refractivity contribution in [3.63, 3.8) is 0 Å². The van der Waals surface area contributed by atoms with Gasteiger partial charge in [-0.05, 0) is 17.7 Å². The first-order valence-corrected chi connectivity index (χ1v) is 11.1. The molecule has 0 saturated carbocycles. The normalized spacial score (nSPS) is 20.0. The largest absolute Gasteiger partial charge is 0.507 e. The lowest BCUT2D eigenvalue weighted by atomic mass is 10.1. The van der Waals surface area contributed by atoms with E-state index in [0.29, 0.717) is 37.4 Å². The fraction of sp³-hybridized carbons (Fsp3) is 0.522. The van der Waals surface area contributed by atoms with E-state index in [1.807, 2.05) is 12.1 Å². The molecule has 1 N–H and O–H groups in total. The van der Waals surface area contributed by atoms with Crippen LogP contribution in [0.3, 0.4) is 0 Å². The van der Waals surface area contributed by atoms with Gasteiger partial charge in [0.1, 0.15) is 12.0 Å². The lowest BCUT2D eigenvalue weighted by Gasteiger charge is -2.34. The van der Waals surface area contributed by atoms with E-state index in [9.17, 15) is 9.90 Å². The van der Waals surface area contributed by atoms with Crippen molar-refractivity contribution in [1.29, 1.82) is 0 Å². The molecule has 9 nitrogen and oxygen atoms in total. The molecular formula is C23H29N3O6. The van der Waals surface area contributed by atoms with Gasteiger partial charge in [-0.2, -0.15) is 0 Å². The summed E-state index contributed by atoms with van der Waals surface area (Å²) in [6, 6.07) is 6.07. The maximum atomic E-state index is 12.3. The summed E-state index contributed by atoms with van der Waals surface area (Å²) in [7, 11) is 0. The van der Waals surface area contributed by atoms with Crippen LogP contribution in [0.25, 0.3) is 0 Å². The van der Waals surface area contributed by atoms with Gasteiger partial charge in [-0.25, -0.2) is 4.79 Å². The molecule has 1 aromatic carbocycles. The Hall–Kier alpha value is -2.59. The van der Waals surface area contributed by atoms with Crippen LogP contribution >= 0.6 is 0 Å². The summed E-state index contributed by atoms with van der Waals surface area (Å²) < 4.78 is 21.5. The van der Waals surface area contributed by atoms with Crippen molar-refractivity contribution >= 4 is 0 Å². The standard InChI is InChI=1S/C23H29N3O6/c27-22-18(13-26-7-9-29-10-8-26)15-30-23(28)19(22)14-25-5-3-24(4-6-25)12-17-1-2-20-21(11-17)32-16-31-20/h1-2,11,15,27H,3-10,12-14,16H2. The van der Waals surface area contributed by atoms with Gasteiger partial charge in [-0.1, -0.05) is 6.07 Å². The highest BCUT2D eigenvalue weighted by Crippen LogP contribution is 2.33. The maximum Gasteiger partial charge on any atom is 0.343 e. The average molecular weight is 444 g/mol. The fourth-order valence-electron chi connectivity index (χ4n) is 4.42. The Labute approximate surface area is 186 Å². The summed E-state index contributed by atoms with van der Waals surface area (Å²) in [6.45, 7) is 8.44. The van der Waals surface area contributed by atoms with Crippen molar-refractivity contribution in [2.45, 2.75) is 19.6 Å².